The van der Waals surface area contributed by atoms with Crippen molar-refractivity contribution in [2.24, 2.45) is 5.73 Å². The van der Waals surface area contributed by atoms with Gasteiger partial charge in [0, 0.05) is 34.3 Å². The van der Waals surface area contributed by atoms with Gasteiger partial charge in [0.1, 0.15) is 29.6 Å². The number of allylic oxidation sites excluding steroid dienone is 3. The first-order valence-corrected chi connectivity index (χ1v) is 13.8. The number of benzene rings is 3. The first-order chi connectivity index (χ1) is 20.2. The third-order valence-corrected chi connectivity index (χ3v) is 8.10. The topological polar surface area (TPSA) is 132 Å². The second kappa shape index (κ2) is 11.6. The predicted octanol–water partition coefficient (Wildman–Crippen LogP) is 6.76. The molecule has 2 N–H and O–H groups in total. The van der Waals surface area contributed by atoms with E-state index in [0.29, 0.717) is 41.8 Å². The Morgan fingerprint density at radius 2 is 1.93 bits per heavy atom. The van der Waals surface area contributed by atoms with Gasteiger partial charge in [-0.2, -0.15) is 5.26 Å². The molecule has 3 aromatic carbocycles. The van der Waals surface area contributed by atoms with Crippen molar-refractivity contribution in [1.82, 2.24) is 0 Å². The van der Waals surface area contributed by atoms with E-state index in [4.69, 9.17) is 26.8 Å². The number of nitro groups is 1. The molecule has 2 aliphatic rings. The Kier molecular flexibility index (Phi) is 7.92. The van der Waals surface area contributed by atoms with Crippen LogP contribution in [0.5, 0.6) is 11.5 Å². The molecule has 0 fully saturated rings. The molecule has 3 aromatic rings. The fourth-order valence-corrected chi connectivity index (χ4v) is 5.82. The lowest BCUT2D eigenvalue weighted by atomic mass is 9.75. The third kappa shape index (κ3) is 5.06. The Bertz CT molecular complexity index is 1720. The number of aryl methyl sites for hydroxylation is 1. The van der Waals surface area contributed by atoms with Crippen molar-refractivity contribution in [3.8, 4) is 17.6 Å². The number of ketones is 1. The number of halogens is 1. The number of anilines is 1. The molecule has 0 unspecified atom stereocenters. The zero-order chi connectivity index (χ0) is 30.1. The minimum absolute atomic E-state index is 0.0328. The summed E-state index contributed by atoms with van der Waals surface area (Å²) in [6.07, 6.45) is 1.30. The maximum Gasteiger partial charge on any atom is 0.294 e. The standard InChI is InChI=1S/C32H29ClN4O5/c1-18-6-4-9-28(19(18)2)42-17-21-14-20(10-13-29(21)41-3)30-23(16-34)32(35)36(25-7-5-8-27(38)31(25)30)24-12-11-22(33)15-26(24)37(39)40/h4,6,9-15,30H,5,7-8,17,35H2,1-3H3/t30-/m0/s1. The molecule has 1 heterocycles. The number of carbonyl (C=O) groups excluding carboxylic acids is 1. The molecular formula is C32H29ClN4O5. The molecule has 214 valence electrons. The Morgan fingerprint density at radius 3 is 2.64 bits per heavy atom. The number of nitrogens with zero attached hydrogens (tertiary/aromatic N) is 3. The second-order valence-corrected chi connectivity index (χ2v) is 10.7. The van der Waals surface area contributed by atoms with E-state index in [-0.39, 0.29) is 40.2 Å². The van der Waals surface area contributed by atoms with Gasteiger partial charge in [-0.1, -0.05) is 29.8 Å². The molecule has 0 aromatic heterocycles. The van der Waals surface area contributed by atoms with Gasteiger partial charge >= 0.3 is 0 Å². The average molecular weight is 585 g/mol. The summed E-state index contributed by atoms with van der Waals surface area (Å²) in [5.74, 6) is 0.482. The lowest BCUT2D eigenvalue weighted by molar-refractivity contribution is -0.384. The van der Waals surface area contributed by atoms with Crippen LogP contribution in [0.1, 0.15) is 47.4 Å². The number of nitriles is 1. The summed E-state index contributed by atoms with van der Waals surface area (Å²) in [6, 6.07) is 17.8. The first-order valence-electron chi connectivity index (χ1n) is 13.4. The van der Waals surface area contributed by atoms with Gasteiger partial charge in [0.15, 0.2) is 5.78 Å². The molecule has 0 spiro atoms. The Labute approximate surface area is 248 Å². The number of hydrogen-bond acceptors (Lipinski definition) is 8. The summed E-state index contributed by atoms with van der Waals surface area (Å²) in [6.45, 7) is 4.20. The fourth-order valence-electron chi connectivity index (χ4n) is 5.65. The number of nitrogens with two attached hydrogens (primary N) is 1. The minimum atomic E-state index is -0.759. The van der Waals surface area contributed by atoms with Crippen LogP contribution in [0.2, 0.25) is 5.02 Å². The second-order valence-electron chi connectivity index (χ2n) is 10.3. The van der Waals surface area contributed by atoms with Crippen molar-refractivity contribution in [2.45, 2.75) is 45.6 Å². The van der Waals surface area contributed by atoms with Crippen molar-refractivity contribution < 1.29 is 19.2 Å². The molecule has 5 rings (SSSR count). The number of hydrogen-bond donors (Lipinski definition) is 1. The Balaban J connectivity index is 1.64. The van der Waals surface area contributed by atoms with Crippen molar-refractivity contribution >= 4 is 28.8 Å². The van der Waals surface area contributed by atoms with Gasteiger partial charge in [0.25, 0.3) is 5.69 Å². The van der Waals surface area contributed by atoms with Crippen LogP contribution in [-0.4, -0.2) is 17.8 Å². The van der Waals surface area contributed by atoms with Crippen LogP contribution in [0.3, 0.4) is 0 Å². The minimum Gasteiger partial charge on any atom is -0.496 e. The van der Waals surface area contributed by atoms with E-state index in [9.17, 15) is 20.2 Å². The SMILES string of the molecule is COc1ccc([C@H]2C(C#N)=C(N)N(c3ccc(Cl)cc3[N+](=O)[O-])C3=C2C(=O)CCC3)cc1COc1cccc(C)c1C. The summed E-state index contributed by atoms with van der Waals surface area (Å²) in [4.78, 5) is 26.5. The normalized spacial score (nSPS) is 16.7. The summed E-state index contributed by atoms with van der Waals surface area (Å²) < 4.78 is 11.8. The predicted molar refractivity (Wildman–Crippen MR) is 159 cm³/mol. The summed E-state index contributed by atoms with van der Waals surface area (Å²) in [5, 5.41) is 22.5. The molecule has 1 aliphatic carbocycles. The zero-order valence-electron chi connectivity index (χ0n) is 23.4. The van der Waals surface area contributed by atoms with Gasteiger partial charge < -0.3 is 15.2 Å². The van der Waals surface area contributed by atoms with E-state index in [1.807, 2.05) is 44.2 Å². The van der Waals surface area contributed by atoms with Crippen LogP contribution >= 0.6 is 11.6 Å². The van der Waals surface area contributed by atoms with E-state index in [2.05, 4.69) is 6.07 Å². The largest absolute Gasteiger partial charge is 0.496 e. The molecule has 1 aliphatic heterocycles. The lowest BCUT2D eigenvalue weighted by Gasteiger charge is -2.39. The molecule has 1 atom stereocenters. The van der Waals surface area contributed by atoms with Gasteiger partial charge in [0.05, 0.1) is 29.6 Å². The number of Topliss-reactive ketones (excluding diaryl/α,β-unsaturated/α-hetero) is 1. The Morgan fingerprint density at radius 1 is 1.14 bits per heavy atom. The molecule has 9 nitrogen and oxygen atoms in total. The molecule has 0 bridgehead atoms. The summed E-state index contributed by atoms with van der Waals surface area (Å²) in [7, 11) is 1.57. The van der Waals surface area contributed by atoms with Crippen LogP contribution in [0.15, 0.2) is 77.3 Å². The molecule has 0 saturated heterocycles. The maximum absolute atomic E-state index is 13.6. The number of ether oxygens (including phenoxy) is 2. The quantitative estimate of drug-likeness (QED) is 0.238. The van der Waals surface area contributed by atoms with E-state index < -0.39 is 10.8 Å². The van der Waals surface area contributed by atoms with Crippen molar-refractivity contribution in [2.75, 3.05) is 12.0 Å². The van der Waals surface area contributed by atoms with Crippen molar-refractivity contribution in [1.29, 1.82) is 5.26 Å². The van der Waals surface area contributed by atoms with Crippen LogP contribution in [0, 0.1) is 35.3 Å². The molecule has 0 saturated carbocycles. The van der Waals surface area contributed by atoms with Gasteiger partial charge in [-0.05, 0) is 73.7 Å². The van der Waals surface area contributed by atoms with Gasteiger partial charge in [-0.3, -0.25) is 19.8 Å². The van der Waals surface area contributed by atoms with Crippen molar-refractivity contribution in [3.05, 3.63) is 115 Å². The molecule has 0 radical (unpaired) electrons. The van der Waals surface area contributed by atoms with Gasteiger partial charge in [0.2, 0.25) is 0 Å². The number of nitro benzene ring substituents is 1. The molecule has 10 heteroatoms. The van der Waals surface area contributed by atoms with Gasteiger partial charge in [-0.25, -0.2) is 0 Å². The average Bonchev–Trinajstić information content (AvgIpc) is 2.97. The summed E-state index contributed by atoms with van der Waals surface area (Å²) in [5.41, 5.74) is 11.1. The van der Waals surface area contributed by atoms with Crippen LogP contribution in [0.4, 0.5) is 11.4 Å². The highest BCUT2D eigenvalue weighted by atomic mass is 35.5. The van der Waals surface area contributed by atoms with Gasteiger partial charge in [-0.15, -0.1) is 0 Å². The maximum atomic E-state index is 13.6. The van der Waals surface area contributed by atoms with Crippen molar-refractivity contribution in [3.63, 3.8) is 0 Å². The number of carbonyl (C=O) groups is 1. The first kappa shape index (κ1) is 28.7. The van der Waals surface area contributed by atoms with E-state index in [1.165, 1.54) is 23.1 Å². The molecule has 0 amide bonds. The highest BCUT2D eigenvalue weighted by Crippen LogP contribution is 2.48. The fraction of sp³-hybridized carbons (Fsp3) is 0.250. The smallest absolute Gasteiger partial charge is 0.294 e. The monoisotopic (exact) mass is 584 g/mol. The Hall–Kier alpha value is -4.81. The summed E-state index contributed by atoms with van der Waals surface area (Å²) >= 11 is 6.07. The lowest BCUT2D eigenvalue weighted by Crippen LogP contribution is -2.39. The molecule has 42 heavy (non-hydrogen) atoms. The van der Waals surface area contributed by atoms with Crippen LogP contribution in [-0.2, 0) is 11.4 Å². The highest BCUT2D eigenvalue weighted by Gasteiger charge is 2.42. The third-order valence-electron chi connectivity index (χ3n) is 7.86. The highest BCUT2D eigenvalue weighted by molar-refractivity contribution is 6.31. The van der Waals surface area contributed by atoms with Crippen LogP contribution in [0.25, 0.3) is 0 Å². The van der Waals surface area contributed by atoms with E-state index in [1.54, 1.807) is 13.2 Å². The zero-order valence-corrected chi connectivity index (χ0v) is 24.2. The van der Waals surface area contributed by atoms with E-state index in [0.717, 1.165) is 22.4 Å². The van der Waals surface area contributed by atoms with E-state index >= 15 is 0 Å². The molecular weight excluding hydrogens is 556 g/mol. The van der Waals surface area contributed by atoms with Crippen LogP contribution < -0.4 is 20.1 Å². The number of rotatable bonds is 7. The number of methoxy groups -OCH3 is 1.